The van der Waals surface area contributed by atoms with Gasteiger partial charge in [-0.1, -0.05) is 47.5 Å². The Morgan fingerprint density at radius 3 is 2.48 bits per heavy atom. The molecule has 0 aliphatic carbocycles. The summed E-state index contributed by atoms with van der Waals surface area (Å²) in [4.78, 5) is 11.3. The molecule has 25 heavy (non-hydrogen) atoms. The van der Waals surface area contributed by atoms with Gasteiger partial charge in [0.25, 0.3) is 5.22 Å². The molecule has 0 saturated carbocycles. The monoisotopic (exact) mass is 391 g/mol. The highest BCUT2D eigenvalue weighted by Gasteiger charge is 2.14. The molecule has 0 spiro atoms. The van der Waals surface area contributed by atoms with Crippen LogP contribution >= 0.6 is 35.0 Å². The first-order valence-electron chi connectivity index (χ1n) is 6.98. The molecule has 0 unspecified atom stereocenters. The molecule has 3 rings (SSSR count). The Bertz CT molecular complexity index is 939. The molecule has 0 radical (unpaired) electrons. The van der Waals surface area contributed by atoms with Crippen molar-refractivity contribution in [1.29, 1.82) is 0 Å². The van der Waals surface area contributed by atoms with Crippen molar-refractivity contribution in [3.63, 3.8) is 0 Å². The minimum absolute atomic E-state index is 0.0688. The van der Waals surface area contributed by atoms with Crippen molar-refractivity contribution in [1.82, 2.24) is 10.2 Å². The van der Waals surface area contributed by atoms with Crippen LogP contribution in [0.4, 0.5) is 0 Å². The Labute approximate surface area is 157 Å². The van der Waals surface area contributed by atoms with Crippen molar-refractivity contribution in [2.45, 2.75) is 5.22 Å². The SMILES string of the molecule is O=C([O-])/C(=C\c1ccc(Cl)cc1)Sc1nnc(-c2ccccc2Cl)o1. The molecule has 126 valence electrons. The Morgan fingerprint density at radius 2 is 1.80 bits per heavy atom. The van der Waals surface area contributed by atoms with Crippen LogP contribution in [0.2, 0.25) is 10.0 Å². The summed E-state index contributed by atoms with van der Waals surface area (Å²) in [7, 11) is 0. The van der Waals surface area contributed by atoms with Crippen molar-refractivity contribution >= 4 is 47.0 Å². The van der Waals surface area contributed by atoms with Gasteiger partial charge in [0.05, 0.1) is 16.6 Å². The Balaban J connectivity index is 1.85. The summed E-state index contributed by atoms with van der Waals surface area (Å²) in [5, 5.41) is 20.2. The van der Waals surface area contributed by atoms with Crippen LogP contribution in [0.25, 0.3) is 17.5 Å². The van der Waals surface area contributed by atoms with Gasteiger partial charge in [0, 0.05) is 9.93 Å². The van der Waals surface area contributed by atoms with Crippen molar-refractivity contribution in [3.05, 3.63) is 69.0 Å². The highest BCUT2D eigenvalue weighted by molar-refractivity contribution is 8.03. The molecule has 1 heterocycles. The molecule has 0 bridgehead atoms. The predicted octanol–water partition coefficient (Wildman–Crippen LogP) is 3.93. The Hall–Kier alpha value is -2.28. The summed E-state index contributed by atoms with van der Waals surface area (Å²) in [6, 6.07) is 13.7. The van der Waals surface area contributed by atoms with Gasteiger partial charge >= 0.3 is 0 Å². The van der Waals surface area contributed by atoms with Crippen molar-refractivity contribution in [3.8, 4) is 11.5 Å². The molecule has 0 N–H and O–H groups in total. The third kappa shape index (κ3) is 4.42. The number of carboxylic acids is 1. The highest BCUT2D eigenvalue weighted by Crippen LogP contribution is 2.32. The molecule has 1 aromatic heterocycles. The number of nitrogens with zero attached hydrogens (tertiary/aromatic N) is 2. The molecule has 2 aromatic carbocycles. The first kappa shape index (κ1) is 17.5. The smallest absolute Gasteiger partial charge is 0.281 e. The van der Waals surface area contributed by atoms with E-state index in [0.717, 1.165) is 11.8 Å². The first-order valence-corrected chi connectivity index (χ1v) is 8.55. The van der Waals surface area contributed by atoms with Crippen molar-refractivity contribution in [2.24, 2.45) is 0 Å². The first-order chi connectivity index (χ1) is 12.0. The van der Waals surface area contributed by atoms with E-state index in [-0.39, 0.29) is 16.0 Å². The fraction of sp³-hybridized carbons (Fsp3) is 0. The topological polar surface area (TPSA) is 79.0 Å². The van der Waals surface area contributed by atoms with E-state index < -0.39 is 5.97 Å². The van der Waals surface area contributed by atoms with E-state index in [4.69, 9.17) is 27.6 Å². The summed E-state index contributed by atoms with van der Waals surface area (Å²) >= 11 is 12.7. The largest absolute Gasteiger partial charge is 0.544 e. The molecule has 0 amide bonds. The molecule has 0 fully saturated rings. The quantitative estimate of drug-likeness (QED) is 0.484. The number of aromatic nitrogens is 2. The van der Waals surface area contributed by atoms with Gasteiger partial charge in [0.2, 0.25) is 5.89 Å². The second-order valence-electron chi connectivity index (χ2n) is 4.80. The molecular weight excluding hydrogens is 383 g/mol. The lowest BCUT2D eigenvalue weighted by Crippen LogP contribution is -2.23. The number of carbonyl (C=O) groups is 1. The minimum Gasteiger partial charge on any atom is -0.544 e. The van der Waals surface area contributed by atoms with E-state index in [2.05, 4.69) is 10.2 Å². The number of benzene rings is 2. The van der Waals surface area contributed by atoms with Gasteiger partial charge in [-0.05, 0) is 47.7 Å². The number of thioether (sulfide) groups is 1. The molecule has 3 aromatic rings. The van der Waals surface area contributed by atoms with Crippen LogP contribution in [-0.4, -0.2) is 16.2 Å². The van der Waals surface area contributed by atoms with E-state index in [1.165, 1.54) is 6.08 Å². The van der Waals surface area contributed by atoms with E-state index in [0.29, 0.717) is 21.2 Å². The standard InChI is InChI=1S/C17H10Cl2N2O3S/c18-11-7-5-10(6-8-11)9-14(16(22)23)25-17-21-20-15(24-17)12-3-1-2-4-13(12)19/h1-9H,(H,22,23)/p-1/b14-9+. The van der Waals surface area contributed by atoms with Gasteiger partial charge in [-0.2, -0.15) is 0 Å². The van der Waals surface area contributed by atoms with Crippen LogP contribution < -0.4 is 5.11 Å². The lowest BCUT2D eigenvalue weighted by molar-refractivity contribution is -0.298. The van der Waals surface area contributed by atoms with Gasteiger partial charge in [0.1, 0.15) is 0 Å². The number of hydrogen-bond acceptors (Lipinski definition) is 6. The predicted molar refractivity (Wildman–Crippen MR) is 95.0 cm³/mol. The number of hydrogen-bond donors (Lipinski definition) is 0. The summed E-state index contributed by atoms with van der Waals surface area (Å²) in [6.07, 6.45) is 1.44. The Kier molecular flexibility index (Phi) is 5.43. The number of carbonyl (C=O) groups excluding carboxylic acids is 1. The molecule has 0 atom stereocenters. The summed E-state index contributed by atoms with van der Waals surface area (Å²) in [5.74, 6) is -1.14. The van der Waals surface area contributed by atoms with Crippen LogP contribution in [0.1, 0.15) is 5.56 Å². The van der Waals surface area contributed by atoms with Crippen LogP contribution in [0.15, 0.2) is 63.1 Å². The van der Waals surface area contributed by atoms with Crippen molar-refractivity contribution < 1.29 is 14.3 Å². The molecule has 8 heteroatoms. The molecular formula is C17H9Cl2N2O3S-. The van der Waals surface area contributed by atoms with Gasteiger partial charge in [-0.3, -0.25) is 0 Å². The van der Waals surface area contributed by atoms with E-state index in [1.54, 1.807) is 48.5 Å². The minimum atomic E-state index is -1.35. The molecule has 0 saturated heterocycles. The summed E-state index contributed by atoms with van der Waals surface area (Å²) in [5.41, 5.74) is 1.22. The number of rotatable bonds is 5. The third-order valence-electron chi connectivity index (χ3n) is 3.08. The van der Waals surface area contributed by atoms with Gasteiger partial charge < -0.3 is 14.3 Å². The molecule has 5 nitrogen and oxygen atoms in total. The van der Waals surface area contributed by atoms with Crippen LogP contribution in [0, 0.1) is 0 Å². The number of aliphatic carboxylic acids is 1. The summed E-state index contributed by atoms with van der Waals surface area (Å²) < 4.78 is 5.49. The van der Waals surface area contributed by atoms with Crippen LogP contribution in [-0.2, 0) is 4.79 Å². The van der Waals surface area contributed by atoms with Gasteiger partial charge in [-0.25, -0.2) is 0 Å². The van der Waals surface area contributed by atoms with Crippen molar-refractivity contribution in [2.75, 3.05) is 0 Å². The van der Waals surface area contributed by atoms with Crippen LogP contribution in [0.5, 0.6) is 0 Å². The molecule has 0 aliphatic heterocycles. The number of halogens is 2. The zero-order chi connectivity index (χ0) is 17.8. The van der Waals surface area contributed by atoms with E-state index >= 15 is 0 Å². The highest BCUT2D eigenvalue weighted by atomic mass is 35.5. The fourth-order valence-corrected chi connectivity index (χ4v) is 2.94. The average Bonchev–Trinajstić information content (AvgIpc) is 3.05. The summed E-state index contributed by atoms with van der Waals surface area (Å²) in [6.45, 7) is 0. The zero-order valence-corrected chi connectivity index (χ0v) is 14.8. The lowest BCUT2D eigenvalue weighted by atomic mass is 10.2. The lowest BCUT2D eigenvalue weighted by Gasteiger charge is -2.05. The second-order valence-corrected chi connectivity index (χ2v) is 6.64. The van der Waals surface area contributed by atoms with E-state index in [9.17, 15) is 9.90 Å². The maximum atomic E-state index is 11.4. The van der Waals surface area contributed by atoms with Gasteiger partial charge in [0.15, 0.2) is 0 Å². The third-order valence-corrected chi connectivity index (χ3v) is 4.50. The second kappa shape index (κ2) is 7.74. The normalized spacial score (nSPS) is 11.5. The molecule has 0 aliphatic rings. The maximum absolute atomic E-state index is 11.4. The number of carboxylic acid groups (broad SMARTS) is 1. The van der Waals surface area contributed by atoms with Gasteiger partial charge in [-0.15, -0.1) is 10.2 Å². The van der Waals surface area contributed by atoms with Crippen LogP contribution in [0.3, 0.4) is 0 Å². The maximum Gasteiger partial charge on any atom is 0.281 e. The Morgan fingerprint density at radius 1 is 1.08 bits per heavy atom. The zero-order valence-electron chi connectivity index (χ0n) is 12.5. The van der Waals surface area contributed by atoms with E-state index in [1.807, 2.05) is 0 Å². The fourth-order valence-electron chi connectivity index (χ4n) is 1.93. The average molecular weight is 392 g/mol.